The second-order valence-corrected chi connectivity index (χ2v) is 6.54. The van der Waals surface area contributed by atoms with Gasteiger partial charge in [-0.05, 0) is 18.8 Å². The van der Waals surface area contributed by atoms with Gasteiger partial charge in [-0.3, -0.25) is 4.79 Å². The van der Waals surface area contributed by atoms with Crippen molar-refractivity contribution in [2.75, 3.05) is 6.54 Å². The second kappa shape index (κ2) is 9.17. The van der Waals surface area contributed by atoms with Gasteiger partial charge in [0.15, 0.2) is 0 Å². The van der Waals surface area contributed by atoms with Gasteiger partial charge in [-0.15, -0.1) is 13.2 Å². The van der Waals surface area contributed by atoms with Crippen molar-refractivity contribution in [3.8, 4) is 0 Å². The van der Waals surface area contributed by atoms with Gasteiger partial charge in [-0.2, -0.15) is 0 Å². The summed E-state index contributed by atoms with van der Waals surface area (Å²) in [5, 5.41) is 2.80. The Hall–Kier alpha value is -2.64. The Labute approximate surface area is 151 Å². The fourth-order valence-corrected chi connectivity index (χ4v) is 3.24. The number of carbonyl (C=O) groups excluding carboxylic acids is 1. The standard InChI is InChI=1S/C18H26N4O4/c1-3-10-20-16(24)21(11-4-2)18(26)22(17(20)25)13-15(23)19-12-14-8-6-5-7-9-14/h3-4,14H,1-2,5-13H2,(H,19,23). The summed E-state index contributed by atoms with van der Waals surface area (Å²) in [7, 11) is 0. The molecule has 1 heterocycles. The van der Waals surface area contributed by atoms with E-state index in [1.54, 1.807) is 0 Å². The molecule has 1 aromatic heterocycles. The fraction of sp³-hybridized carbons (Fsp3) is 0.556. The molecular formula is C18H26N4O4. The van der Waals surface area contributed by atoms with Gasteiger partial charge in [-0.25, -0.2) is 28.1 Å². The lowest BCUT2D eigenvalue weighted by Gasteiger charge is -2.21. The first-order chi connectivity index (χ1) is 12.5. The summed E-state index contributed by atoms with van der Waals surface area (Å²) >= 11 is 0. The van der Waals surface area contributed by atoms with E-state index in [0.29, 0.717) is 12.5 Å². The lowest BCUT2D eigenvalue weighted by molar-refractivity contribution is -0.122. The molecule has 1 amide bonds. The number of nitrogens with zero attached hydrogens (tertiary/aromatic N) is 3. The highest BCUT2D eigenvalue weighted by Crippen LogP contribution is 2.22. The second-order valence-electron chi connectivity index (χ2n) is 6.54. The Morgan fingerprint density at radius 3 is 1.92 bits per heavy atom. The van der Waals surface area contributed by atoms with Crippen molar-refractivity contribution in [3.05, 3.63) is 56.8 Å². The Morgan fingerprint density at radius 1 is 0.923 bits per heavy atom. The third-order valence-electron chi connectivity index (χ3n) is 4.62. The summed E-state index contributed by atoms with van der Waals surface area (Å²) in [5.74, 6) is 0.0280. The molecule has 1 aromatic rings. The van der Waals surface area contributed by atoms with Gasteiger partial charge in [0.1, 0.15) is 6.54 Å². The van der Waals surface area contributed by atoms with Gasteiger partial charge in [0, 0.05) is 6.54 Å². The molecule has 0 bridgehead atoms. The first-order valence-electron chi connectivity index (χ1n) is 8.92. The zero-order chi connectivity index (χ0) is 19.1. The van der Waals surface area contributed by atoms with Crippen LogP contribution in [0.4, 0.5) is 0 Å². The summed E-state index contributed by atoms with van der Waals surface area (Å²) in [6.07, 6.45) is 8.50. The summed E-state index contributed by atoms with van der Waals surface area (Å²) in [5.41, 5.74) is -2.36. The Bertz CT molecular complexity index is 792. The Kier molecular flexibility index (Phi) is 6.94. The van der Waals surface area contributed by atoms with E-state index in [2.05, 4.69) is 18.5 Å². The van der Waals surface area contributed by atoms with Crippen LogP contribution < -0.4 is 22.4 Å². The zero-order valence-corrected chi connectivity index (χ0v) is 15.0. The van der Waals surface area contributed by atoms with Crippen LogP contribution >= 0.6 is 0 Å². The highest BCUT2D eigenvalue weighted by Gasteiger charge is 2.18. The largest absolute Gasteiger partial charge is 0.354 e. The van der Waals surface area contributed by atoms with Crippen molar-refractivity contribution in [1.82, 2.24) is 19.0 Å². The molecular weight excluding hydrogens is 336 g/mol. The number of hydrogen-bond donors (Lipinski definition) is 1. The van der Waals surface area contributed by atoms with Crippen molar-refractivity contribution >= 4 is 5.91 Å². The van der Waals surface area contributed by atoms with Crippen LogP contribution in [0.2, 0.25) is 0 Å². The molecule has 0 atom stereocenters. The van der Waals surface area contributed by atoms with Crippen molar-refractivity contribution in [3.63, 3.8) is 0 Å². The van der Waals surface area contributed by atoms with Crippen LogP contribution in [-0.4, -0.2) is 26.2 Å². The van der Waals surface area contributed by atoms with Crippen molar-refractivity contribution in [2.24, 2.45) is 5.92 Å². The molecule has 0 unspecified atom stereocenters. The maximum Gasteiger partial charge on any atom is 0.337 e. The van der Waals surface area contributed by atoms with E-state index in [-0.39, 0.29) is 13.1 Å². The number of rotatable bonds is 8. The molecule has 1 N–H and O–H groups in total. The average molecular weight is 362 g/mol. The molecule has 0 radical (unpaired) electrons. The maximum absolute atomic E-state index is 12.5. The van der Waals surface area contributed by atoms with Gasteiger partial charge < -0.3 is 5.32 Å². The van der Waals surface area contributed by atoms with Crippen molar-refractivity contribution in [2.45, 2.75) is 51.7 Å². The quantitative estimate of drug-likeness (QED) is 0.670. The first-order valence-corrected chi connectivity index (χ1v) is 8.92. The lowest BCUT2D eigenvalue weighted by atomic mass is 9.89. The molecule has 142 valence electrons. The number of allylic oxidation sites excluding steroid dienone is 2. The molecule has 1 aliphatic carbocycles. The Balaban J connectivity index is 2.24. The molecule has 1 fully saturated rings. The molecule has 26 heavy (non-hydrogen) atoms. The summed E-state index contributed by atoms with van der Waals surface area (Å²) < 4.78 is 2.54. The third-order valence-corrected chi connectivity index (χ3v) is 4.62. The van der Waals surface area contributed by atoms with E-state index >= 15 is 0 Å². The van der Waals surface area contributed by atoms with Gasteiger partial charge in [0.25, 0.3) is 0 Å². The molecule has 8 heteroatoms. The number of carbonyl (C=O) groups is 1. The monoisotopic (exact) mass is 362 g/mol. The summed E-state index contributed by atoms with van der Waals surface area (Å²) in [6.45, 7) is 7.07. The molecule has 1 saturated carbocycles. The number of nitrogens with one attached hydrogen (secondary N) is 1. The highest BCUT2D eigenvalue weighted by atomic mass is 16.2. The topological polar surface area (TPSA) is 95.1 Å². The smallest absolute Gasteiger partial charge is 0.337 e. The van der Waals surface area contributed by atoms with Crippen molar-refractivity contribution in [1.29, 1.82) is 0 Å². The lowest BCUT2D eigenvalue weighted by Crippen LogP contribution is -2.55. The molecule has 0 aromatic carbocycles. The molecule has 0 aliphatic heterocycles. The van der Waals surface area contributed by atoms with Crippen LogP contribution in [-0.2, 0) is 24.4 Å². The van der Waals surface area contributed by atoms with E-state index in [4.69, 9.17) is 0 Å². The van der Waals surface area contributed by atoms with E-state index in [1.807, 2.05) is 0 Å². The minimum atomic E-state index is -0.812. The SMILES string of the molecule is C=CCn1c(=O)n(CC=C)c(=O)n(CC(=O)NCC2CCCCC2)c1=O. The molecule has 0 saturated heterocycles. The normalized spacial score (nSPS) is 14.8. The minimum Gasteiger partial charge on any atom is -0.354 e. The summed E-state index contributed by atoms with van der Waals surface area (Å²) in [4.78, 5) is 49.4. The average Bonchev–Trinajstić information content (AvgIpc) is 2.65. The van der Waals surface area contributed by atoms with Gasteiger partial charge in [0.2, 0.25) is 5.91 Å². The number of hydrogen-bond acceptors (Lipinski definition) is 4. The summed E-state index contributed by atoms with van der Waals surface area (Å²) in [6, 6.07) is 0. The predicted molar refractivity (Wildman–Crippen MR) is 99.2 cm³/mol. The van der Waals surface area contributed by atoms with Crippen LogP contribution in [0.5, 0.6) is 0 Å². The number of aromatic nitrogens is 3. The van der Waals surface area contributed by atoms with Crippen LogP contribution in [0.3, 0.4) is 0 Å². The number of amides is 1. The van der Waals surface area contributed by atoms with E-state index in [9.17, 15) is 19.2 Å². The minimum absolute atomic E-state index is 0.0429. The van der Waals surface area contributed by atoms with Crippen LogP contribution in [0.25, 0.3) is 0 Å². The third kappa shape index (κ3) is 4.50. The van der Waals surface area contributed by atoms with Gasteiger partial charge >= 0.3 is 17.1 Å². The molecule has 1 aliphatic rings. The van der Waals surface area contributed by atoms with Gasteiger partial charge in [0.05, 0.1) is 13.1 Å². The predicted octanol–water partition coefficient (Wildman–Crippen LogP) is 0.240. The van der Waals surface area contributed by atoms with Gasteiger partial charge in [-0.1, -0.05) is 31.4 Å². The first kappa shape index (κ1) is 19.7. The fourth-order valence-electron chi connectivity index (χ4n) is 3.24. The van der Waals surface area contributed by atoms with E-state index < -0.39 is 29.5 Å². The van der Waals surface area contributed by atoms with Crippen LogP contribution in [0.1, 0.15) is 32.1 Å². The molecule has 0 spiro atoms. The van der Waals surface area contributed by atoms with E-state index in [1.165, 1.54) is 31.4 Å². The zero-order valence-electron chi connectivity index (χ0n) is 15.0. The highest BCUT2D eigenvalue weighted by molar-refractivity contribution is 5.75. The van der Waals surface area contributed by atoms with E-state index in [0.717, 1.165) is 26.5 Å². The van der Waals surface area contributed by atoms with Crippen LogP contribution in [0.15, 0.2) is 39.7 Å². The maximum atomic E-state index is 12.5. The Morgan fingerprint density at radius 2 is 1.42 bits per heavy atom. The van der Waals surface area contributed by atoms with Crippen molar-refractivity contribution < 1.29 is 4.79 Å². The van der Waals surface area contributed by atoms with Crippen LogP contribution in [0, 0.1) is 5.92 Å². The molecule has 2 rings (SSSR count). The molecule has 8 nitrogen and oxygen atoms in total.